The van der Waals surface area contributed by atoms with E-state index in [-0.39, 0.29) is 124 Å². The molecule has 0 saturated carbocycles. The Morgan fingerprint density at radius 1 is 1.00 bits per heavy atom. The summed E-state index contributed by atoms with van der Waals surface area (Å²) in [7, 11) is 0. The van der Waals surface area contributed by atoms with E-state index in [1.54, 1.807) is 0 Å². The van der Waals surface area contributed by atoms with Crippen LogP contribution in [0.25, 0.3) is 11.9 Å². The standard InChI is InChI=1S/2C3H7.C2H4O.CH3NO.2CH4.2K.H2N/c2*1-3-2;1-2-3;2-1-3;;;;;/h2*3H,1-2H3;2H,1H3;1H,(H2,2,3);2*1H4;;;1H2/q2*-1;;;;;2*+1;-1/p-1/i;;2D;1D;;;;;. The van der Waals surface area contributed by atoms with Crippen molar-refractivity contribution in [2.45, 2.75) is 49.5 Å². The Kier molecular flexibility index (Phi) is 343. The molecule has 0 rings (SSSR count). The van der Waals surface area contributed by atoms with Gasteiger partial charge in [-0.15, -0.1) is 0 Å². The van der Waals surface area contributed by atoms with E-state index >= 15 is 0 Å². The van der Waals surface area contributed by atoms with E-state index in [9.17, 15) is 0 Å². The second kappa shape index (κ2) is 137. The zero-order valence-corrected chi connectivity index (χ0v) is 17.3. The third-order valence-electron chi connectivity index (χ3n) is 0. The molecule has 6 heteroatoms. The van der Waals surface area contributed by atoms with Gasteiger partial charge in [-0.1, -0.05) is 14.9 Å². The van der Waals surface area contributed by atoms with Crippen LogP contribution in [-0.4, -0.2) is 12.6 Å². The molecule has 0 radical (unpaired) electrons. The first-order chi connectivity index (χ1) is 6.29. The minimum atomic E-state index is -1.33. The Hall–Kier alpha value is 2.37. The number of nitrogens with one attached hydrogen (secondary N) is 1. The van der Waals surface area contributed by atoms with Gasteiger partial charge in [-0.05, 0) is 6.92 Å². The summed E-state index contributed by atoms with van der Waals surface area (Å²) in [4.78, 5) is 17.9. The van der Waals surface area contributed by atoms with Crippen LogP contribution >= 0.6 is 0 Å². The van der Waals surface area contributed by atoms with Crippen LogP contribution in [0.3, 0.4) is 0 Å². The summed E-state index contributed by atoms with van der Waals surface area (Å²) in [6.45, 7) is 9.19. The van der Waals surface area contributed by atoms with Gasteiger partial charge in [0.25, 0.3) is 0 Å². The molecule has 0 fully saturated rings. The minimum absolute atomic E-state index is 0. The number of rotatable bonds is 0. The maximum atomic E-state index is 9.11. The van der Waals surface area contributed by atoms with Gasteiger partial charge in [0.05, 0.1) is 1.37 Å². The number of aldehydes is 1. The molecule has 0 aromatic heterocycles. The van der Waals surface area contributed by atoms with Gasteiger partial charge in [-0.2, -0.15) is 27.7 Å². The molecule has 0 heterocycles. The van der Waals surface area contributed by atoms with E-state index in [1.807, 2.05) is 40.5 Å². The number of hydrogen-bond donors (Lipinski definition) is 0. The summed E-state index contributed by atoms with van der Waals surface area (Å²) in [5, 5.41) is 0. The van der Waals surface area contributed by atoms with Crippen LogP contribution in [0.4, 0.5) is 0 Å². The summed E-state index contributed by atoms with van der Waals surface area (Å²) in [5.74, 6) is 0. The molecule has 1 amide bonds. The molecule has 0 aliphatic rings. The first-order valence-electron chi connectivity index (χ1n) is 4.47. The first-order valence-corrected chi connectivity index (χ1v) is 3.47. The summed E-state index contributed by atoms with van der Waals surface area (Å²) >= 11 is 0. The zero-order chi connectivity index (χ0) is 12.6. The maximum Gasteiger partial charge on any atom is 1.00 e. The molecule has 17 heavy (non-hydrogen) atoms. The smallest absolute Gasteiger partial charge is 0.693 e. The predicted molar refractivity (Wildman–Crippen MR) is 72.2 cm³/mol. The van der Waals surface area contributed by atoms with Gasteiger partial charge in [0.1, 0.15) is 7.63 Å². The third kappa shape index (κ3) is 875. The molecular formula is C11H30K2N2O2-2. The second-order valence-corrected chi connectivity index (χ2v) is 1.46. The van der Waals surface area contributed by atoms with Crippen LogP contribution in [0, 0.1) is 12.8 Å². The van der Waals surface area contributed by atoms with Crippen molar-refractivity contribution in [3.63, 3.8) is 0 Å². The van der Waals surface area contributed by atoms with Crippen molar-refractivity contribution >= 4 is 12.6 Å². The van der Waals surface area contributed by atoms with E-state index in [2.05, 4.69) is 0 Å². The molecule has 0 unspecified atom stereocenters. The molecule has 0 saturated heterocycles. The number of hydrogen-bond acceptors (Lipinski definition) is 2. The van der Waals surface area contributed by atoms with Gasteiger partial charge < -0.3 is 34.3 Å². The average Bonchev–Trinajstić information content (AvgIpc) is 1.85. The Morgan fingerprint density at radius 2 is 1.00 bits per heavy atom. The number of nitrogens with two attached hydrogens (primary N) is 1. The summed E-state index contributed by atoms with van der Waals surface area (Å²) in [6.07, 6.45) is 2.08. The second-order valence-electron chi connectivity index (χ2n) is 1.46. The molecule has 0 aliphatic heterocycles. The summed E-state index contributed by atoms with van der Waals surface area (Å²) in [6, 6.07) is 0. The fourth-order valence-electron chi connectivity index (χ4n) is 0. The molecule has 0 atom stereocenters. The molecule has 0 aliphatic carbocycles. The van der Waals surface area contributed by atoms with Crippen LogP contribution < -0.4 is 103 Å². The fraction of sp³-hybridized carbons (Fsp3) is 0.636. The number of carbonyl (C=O) groups is 2. The van der Waals surface area contributed by atoms with Gasteiger partial charge in [0, 0.05) is 6.39 Å². The molecule has 0 spiro atoms. The van der Waals surface area contributed by atoms with Gasteiger partial charge >= 0.3 is 103 Å². The van der Waals surface area contributed by atoms with Crippen LogP contribution in [0.15, 0.2) is 0 Å². The van der Waals surface area contributed by atoms with Gasteiger partial charge in [-0.3, -0.25) is 0 Å². The van der Waals surface area contributed by atoms with Crippen LogP contribution in [0.1, 0.15) is 52.2 Å². The van der Waals surface area contributed by atoms with Crippen LogP contribution in [-0.2, 0) is 9.59 Å². The average molecular weight is 303 g/mol. The molecule has 3 N–H and O–H groups in total. The van der Waals surface area contributed by atoms with E-state index in [1.165, 1.54) is 6.92 Å². The maximum absolute atomic E-state index is 9.11. The van der Waals surface area contributed by atoms with Gasteiger partial charge in [-0.25, -0.2) is 0 Å². The number of carbonyl (C=O) groups excluding carboxylic acids is 2. The van der Waals surface area contributed by atoms with E-state index in [4.69, 9.17) is 18.1 Å². The normalized spacial score (nSPS) is 5.24. The largest absolute Gasteiger partial charge is 1.00 e. The Morgan fingerprint density at radius 3 is 1.00 bits per heavy atom. The monoisotopic (exact) mass is 302 g/mol. The summed E-state index contributed by atoms with van der Waals surface area (Å²) in [5.41, 5.74) is 5.61. The number of amides is 1. The van der Waals surface area contributed by atoms with E-state index < -0.39 is 12.6 Å². The molecule has 0 aromatic rings. The van der Waals surface area contributed by atoms with Crippen molar-refractivity contribution in [2.24, 2.45) is 0 Å². The summed E-state index contributed by atoms with van der Waals surface area (Å²) < 4.78 is 11.6. The van der Waals surface area contributed by atoms with Crippen molar-refractivity contribution < 1.29 is 115 Å². The van der Waals surface area contributed by atoms with Gasteiger partial charge in [0.15, 0.2) is 0 Å². The van der Waals surface area contributed by atoms with Gasteiger partial charge in [0.2, 0.25) is 0 Å². The molecule has 0 aromatic carbocycles. The van der Waals surface area contributed by atoms with Crippen molar-refractivity contribution in [2.75, 3.05) is 0 Å². The van der Waals surface area contributed by atoms with Crippen LogP contribution in [0.5, 0.6) is 0 Å². The molecule has 0 bridgehead atoms. The Bertz CT molecular complexity index is 111. The molecule has 4 nitrogen and oxygen atoms in total. The van der Waals surface area contributed by atoms with E-state index in [0.29, 0.717) is 0 Å². The topological polar surface area (TPSA) is 91.4 Å². The quantitative estimate of drug-likeness (QED) is 0.321. The fourth-order valence-corrected chi connectivity index (χ4v) is 0. The van der Waals surface area contributed by atoms with E-state index in [0.717, 1.165) is 0 Å². The van der Waals surface area contributed by atoms with Crippen molar-refractivity contribution in [1.29, 1.82) is 0 Å². The van der Waals surface area contributed by atoms with Crippen LogP contribution in [0.2, 0.25) is 0 Å². The minimum Gasteiger partial charge on any atom is -0.693 e. The third-order valence-corrected chi connectivity index (χ3v) is 0. The van der Waals surface area contributed by atoms with Crippen molar-refractivity contribution in [1.82, 2.24) is 0 Å². The Labute approximate surface area is 198 Å². The molecule has 100 valence electrons. The van der Waals surface area contributed by atoms with Crippen molar-refractivity contribution in [3.05, 3.63) is 24.7 Å². The molecular weight excluding hydrogens is 270 g/mol. The van der Waals surface area contributed by atoms with Crippen molar-refractivity contribution in [3.8, 4) is 0 Å². The SMILES string of the molecule is C.C.C[CH-]C.C[CH-]C.[2H]C(C)=O.[2H]C([NH-])=O.[K+].[K+].[NH2-]. The first kappa shape index (κ1) is 42.7. The Balaban J connectivity index is -0.00000000929. The zero-order valence-electron chi connectivity index (χ0n) is 13.0. The predicted octanol–water partition coefficient (Wildman–Crippen LogP) is -1.14.